The third kappa shape index (κ3) is 3.76. The number of nitrogens with two attached hydrogens (primary N) is 1. The number of nitrogens with zero attached hydrogens (tertiary/aromatic N) is 2. The first-order valence-electron chi connectivity index (χ1n) is 10.0. The number of carbonyl (C=O) groups is 2. The van der Waals surface area contributed by atoms with Gasteiger partial charge in [0.25, 0.3) is 0 Å². The fourth-order valence-corrected chi connectivity index (χ4v) is 4.05. The average Bonchev–Trinajstić information content (AvgIpc) is 3.13. The standard InChI is InChI=1S/C23H25N3O5/c1-14-10-16-11-20(29-2)21(30-3)12-18(16)19(13-26(14)22(24)27)15-4-6-17(7-5-15)25-8-9-31-23(25)28/h4-7,11-14H,8-10H2,1-3H3,(H2,24,27). The number of anilines is 1. The maximum Gasteiger partial charge on any atom is 0.414 e. The van der Waals surface area contributed by atoms with E-state index in [0.717, 1.165) is 28.0 Å². The Morgan fingerprint density at radius 1 is 1.13 bits per heavy atom. The molecule has 2 aliphatic rings. The van der Waals surface area contributed by atoms with Crippen molar-refractivity contribution in [2.24, 2.45) is 5.73 Å². The van der Waals surface area contributed by atoms with Crippen molar-refractivity contribution in [3.05, 3.63) is 59.3 Å². The van der Waals surface area contributed by atoms with Crippen molar-refractivity contribution in [1.29, 1.82) is 0 Å². The van der Waals surface area contributed by atoms with Crippen LogP contribution < -0.4 is 20.1 Å². The molecule has 2 heterocycles. The second-order valence-corrected chi connectivity index (χ2v) is 7.52. The molecular formula is C23H25N3O5. The van der Waals surface area contributed by atoms with Crippen LogP contribution in [0.4, 0.5) is 15.3 Å². The first kappa shape index (κ1) is 20.6. The maximum atomic E-state index is 12.2. The molecule has 2 aliphatic heterocycles. The first-order chi connectivity index (χ1) is 14.9. The predicted molar refractivity (Wildman–Crippen MR) is 116 cm³/mol. The summed E-state index contributed by atoms with van der Waals surface area (Å²) in [7, 11) is 3.19. The van der Waals surface area contributed by atoms with Gasteiger partial charge in [0, 0.05) is 23.5 Å². The number of urea groups is 1. The molecule has 1 saturated heterocycles. The zero-order valence-corrected chi connectivity index (χ0v) is 17.8. The van der Waals surface area contributed by atoms with E-state index in [1.54, 1.807) is 30.2 Å². The van der Waals surface area contributed by atoms with Gasteiger partial charge in [-0.3, -0.25) is 9.80 Å². The SMILES string of the molecule is COc1cc2c(cc1OC)C(c1ccc(N3CCOC3=O)cc1)=CN(C(N)=O)C(C)C2. The number of benzene rings is 2. The van der Waals surface area contributed by atoms with E-state index < -0.39 is 6.03 Å². The molecule has 2 aromatic carbocycles. The Bertz CT molecular complexity index is 1050. The van der Waals surface area contributed by atoms with Gasteiger partial charge in [-0.1, -0.05) is 12.1 Å². The molecule has 31 heavy (non-hydrogen) atoms. The van der Waals surface area contributed by atoms with E-state index in [1.165, 1.54) is 0 Å². The summed E-state index contributed by atoms with van der Waals surface area (Å²) in [6.07, 6.45) is 2.04. The Morgan fingerprint density at radius 3 is 2.39 bits per heavy atom. The second kappa shape index (κ2) is 8.22. The highest BCUT2D eigenvalue weighted by Gasteiger charge is 2.27. The van der Waals surface area contributed by atoms with Crippen molar-refractivity contribution in [2.45, 2.75) is 19.4 Å². The Morgan fingerprint density at radius 2 is 1.81 bits per heavy atom. The zero-order chi connectivity index (χ0) is 22.1. The molecule has 4 rings (SSSR count). The molecule has 8 nitrogen and oxygen atoms in total. The minimum absolute atomic E-state index is 0.134. The van der Waals surface area contributed by atoms with Crippen LogP contribution >= 0.6 is 0 Å². The summed E-state index contributed by atoms with van der Waals surface area (Å²) in [6.45, 7) is 2.85. The highest BCUT2D eigenvalue weighted by molar-refractivity contribution is 5.91. The fraction of sp³-hybridized carbons (Fsp3) is 0.304. The van der Waals surface area contributed by atoms with Gasteiger partial charge < -0.3 is 19.9 Å². The summed E-state index contributed by atoms with van der Waals surface area (Å²) < 4.78 is 16.0. The number of ether oxygens (including phenoxy) is 3. The van der Waals surface area contributed by atoms with Crippen LogP contribution in [0.5, 0.6) is 11.5 Å². The third-order valence-electron chi connectivity index (χ3n) is 5.66. The molecule has 0 radical (unpaired) electrons. The molecule has 0 bridgehead atoms. The highest BCUT2D eigenvalue weighted by Crippen LogP contribution is 2.39. The molecule has 162 valence electrons. The third-order valence-corrected chi connectivity index (χ3v) is 5.66. The first-order valence-corrected chi connectivity index (χ1v) is 10.0. The van der Waals surface area contributed by atoms with Crippen LogP contribution in [-0.4, -0.2) is 50.4 Å². The number of rotatable bonds is 4. The number of cyclic esters (lactones) is 1. The molecule has 0 aromatic heterocycles. The summed E-state index contributed by atoms with van der Waals surface area (Å²) in [5.41, 5.74) is 10.1. The van der Waals surface area contributed by atoms with Crippen LogP contribution in [0.2, 0.25) is 0 Å². The lowest BCUT2D eigenvalue weighted by Crippen LogP contribution is -2.38. The minimum Gasteiger partial charge on any atom is -0.493 e. The number of amides is 3. The number of primary amides is 1. The van der Waals surface area contributed by atoms with Crippen LogP contribution in [-0.2, 0) is 11.2 Å². The van der Waals surface area contributed by atoms with E-state index in [4.69, 9.17) is 19.9 Å². The topological polar surface area (TPSA) is 94.3 Å². The van der Waals surface area contributed by atoms with Crippen LogP contribution in [0, 0.1) is 0 Å². The molecule has 3 amide bonds. The number of carbonyl (C=O) groups excluding carboxylic acids is 2. The lowest BCUT2D eigenvalue weighted by atomic mass is 9.92. The number of fused-ring (bicyclic) bond motifs is 1. The quantitative estimate of drug-likeness (QED) is 0.814. The van der Waals surface area contributed by atoms with Gasteiger partial charge >= 0.3 is 12.1 Å². The van der Waals surface area contributed by atoms with Crippen LogP contribution in [0.25, 0.3) is 5.57 Å². The molecule has 1 atom stereocenters. The van der Waals surface area contributed by atoms with E-state index in [9.17, 15) is 9.59 Å². The molecule has 0 saturated carbocycles. The predicted octanol–water partition coefficient (Wildman–Crippen LogP) is 3.37. The van der Waals surface area contributed by atoms with Crippen LogP contribution in [0.15, 0.2) is 42.6 Å². The molecule has 0 spiro atoms. The summed E-state index contributed by atoms with van der Waals surface area (Å²) >= 11 is 0. The van der Waals surface area contributed by atoms with Crippen LogP contribution in [0.1, 0.15) is 23.6 Å². The van der Waals surface area contributed by atoms with Gasteiger partial charge in [0.2, 0.25) is 0 Å². The second-order valence-electron chi connectivity index (χ2n) is 7.52. The maximum absolute atomic E-state index is 12.2. The number of hydrogen-bond acceptors (Lipinski definition) is 5. The van der Waals surface area contributed by atoms with Crippen molar-refractivity contribution >= 4 is 23.4 Å². The van der Waals surface area contributed by atoms with Gasteiger partial charge in [-0.25, -0.2) is 9.59 Å². The minimum atomic E-state index is -0.520. The lowest BCUT2D eigenvalue weighted by Gasteiger charge is -2.22. The van der Waals surface area contributed by atoms with Crippen molar-refractivity contribution in [1.82, 2.24) is 4.90 Å². The Kier molecular flexibility index (Phi) is 5.46. The molecule has 2 aromatic rings. The Labute approximate surface area is 180 Å². The van der Waals surface area contributed by atoms with Gasteiger partial charge in [-0.2, -0.15) is 0 Å². The van der Waals surface area contributed by atoms with Gasteiger partial charge in [-0.15, -0.1) is 0 Å². The van der Waals surface area contributed by atoms with Crippen LogP contribution in [0.3, 0.4) is 0 Å². The van der Waals surface area contributed by atoms with Gasteiger partial charge in [-0.05, 0) is 54.3 Å². The Balaban J connectivity index is 1.82. The average molecular weight is 423 g/mol. The van der Waals surface area contributed by atoms with Crippen molar-refractivity contribution in [3.8, 4) is 11.5 Å². The normalized spacial score (nSPS) is 18.1. The van der Waals surface area contributed by atoms with E-state index in [0.29, 0.717) is 31.1 Å². The molecular weight excluding hydrogens is 398 g/mol. The van der Waals surface area contributed by atoms with E-state index in [1.807, 2.05) is 43.3 Å². The lowest BCUT2D eigenvalue weighted by molar-refractivity contribution is 0.181. The molecule has 8 heteroatoms. The highest BCUT2D eigenvalue weighted by atomic mass is 16.6. The summed E-state index contributed by atoms with van der Waals surface area (Å²) in [6, 6.07) is 10.8. The fourth-order valence-electron chi connectivity index (χ4n) is 4.05. The molecule has 0 aliphatic carbocycles. The molecule has 1 fully saturated rings. The number of methoxy groups -OCH3 is 2. The van der Waals surface area contributed by atoms with Gasteiger partial charge in [0.1, 0.15) is 6.61 Å². The summed E-state index contributed by atoms with van der Waals surface area (Å²) in [5, 5.41) is 0. The smallest absolute Gasteiger partial charge is 0.414 e. The summed E-state index contributed by atoms with van der Waals surface area (Å²) in [5.74, 6) is 1.23. The molecule has 1 unspecified atom stereocenters. The van der Waals surface area contributed by atoms with E-state index in [2.05, 4.69) is 0 Å². The largest absolute Gasteiger partial charge is 0.493 e. The Hall–Kier alpha value is -3.68. The monoisotopic (exact) mass is 423 g/mol. The van der Waals surface area contributed by atoms with Crippen molar-refractivity contribution in [3.63, 3.8) is 0 Å². The molecule has 2 N–H and O–H groups in total. The van der Waals surface area contributed by atoms with E-state index >= 15 is 0 Å². The van der Waals surface area contributed by atoms with Gasteiger partial charge in [0.15, 0.2) is 11.5 Å². The van der Waals surface area contributed by atoms with E-state index in [-0.39, 0.29) is 12.1 Å². The zero-order valence-electron chi connectivity index (χ0n) is 17.8. The van der Waals surface area contributed by atoms with Crippen molar-refractivity contribution in [2.75, 3.05) is 32.3 Å². The summed E-state index contributed by atoms with van der Waals surface area (Å²) in [4.78, 5) is 27.1. The number of hydrogen-bond donors (Lipinski definition) is 1. The van der Waals surface area contributed by atoms with Crippen molar-refractivity contribution < 1.29 is 23.8 Å². The van der Waals surface area contributed by atoms with Gasteiger partial charge in [0.05, 0.1) is 20.8 Å².